The summed E-state index contributed by atoms with van der Waals surface area (Å²) in [5, 5.41) is 2.89. The molecule has 1 saturated heterocycles. The molecule has 236 valence electrons. The van der Waals surface area contributed by atoms with Gasteiger partial charge in [-0.2, -0.15) is 0 Å². The van der Waals surface area contributed by atoms with E-state index in [1.807, 2.05) is 46.2 Å². The lowest BCUT2D eigenvalue weighted by Crippen LogP contribution is -2.41. The minimum absolute atomic E-state index is 0.0500. The number of morpholine rings is 1. The highest BCUT2D eigenvalue weighted by atomic mass is 19.1. The fourth-order valence-electron chi connectivity index (χ4n) is 6.14. The fraction of sp³-hybridized carbons (Fsp3) is 0.314. The molecule has 8 rings (SSSR count). The Kier molecular flexibility index (Phi) is 8.47. The van der Waals surface area contributed by atoms with Crippen LogP contribution >= 0.6 is 0 Å². The van der Waals surface area contributed by atoms with Gasteiger partial charge in [-0.3, -0.25) is 9.59 Å². The van der Waals surface area contributed by atoms with Gasteiger partial charge in [-0.25, -0.2) is 14.4 Å². The zero-order valence-corrected chi connectivity index (χ0v) is 25.3. The third-order valence-electron chi connectivity index (χ3n) is 8.46. The predicted octanol–water partition coefficient (Wildman–Crippen LogP) is 4.47. The molecule has 4 aliphatic heterocycles. The molecule has 8 bridgehead atoms. The Bertz CT molecular complexity index is 1740. The van der Waals surface area contributed by atoms with Crippen LogP contribution in [-0.2, 0) is 22.4 Å². The first-order chi connectivity index (χ1) is 22.5. The van der Waals surface area contributed by atoms with Crippen LogP contribution < -0.4 is 19.7 Å². The third-order valence-corrected chi connectivity index (χ3v) is 8.46. The van der Waals surface area contributed by atoms with Crippen LogP contribution in [0.25, 0.3) is 0 Å². The number of halogens is 1. The second kappa shape index (κ2) is 13.1. The van der Waals surface area contributed by atoms with E-state index in [0.717, 1.165) is 16.7 Å². The molecule has 46 heavy (non-hydrogen) atoms. The first kappa shape index (κ1) is 29.7. The van der Waals surface area contributed by atoms with Gasteiger partial charge in [0.05, 0.1) is 37.8 Å². The number of anilines is 1. The van der Waals surface area contributed by atoms with Crippen molar-refractivity contribution in [3.8, 4) is 17.2 Å². The summed E-state index contributed by atoms with van der Waals surface area (Å²) < 4.78 is 32.3. The minimum Gasteiger partial charge on any atom is -0.494 e. The van der Waals surface area contributed by atoms with Crippen LogP contribution in [0.4, 0.5) is 10.3 Å². The average molecular weight is 624 g/mol. The van der Waals surface area contributed by atoms with E-state index in [-0.39, 0.29) is 24.0 Å². The molecule has 1 aromatic heterocycles. The third kappa shape index (κ3) is 6.36. The van der Waals surface area contributed by atoms with Crippen LogP contribution in [0.15, 0.2) is 73.1 Å². The number of fused-ring (bicyclic) bond motifs is 7. The maximum absolute atomic E-state index is 14.8. The number of aromatic nitrogens is 2. The van der Waals surface area contributed by atoms with Crippen molar-refractivity contribution in [3.63, 3.8) is 0 Å². The quantitative estimate of drug-likeness (QED) is 0.349. The summed E-state index contributed by atoms with van der Waals surface area (Å²) in [6.45, 7) is 3.92. The van der Waals surface area contributed by atoms with Gasteiger partial charge in [0.15, 0.2) is 11.6 Å². The van der Waals surface area contributed by atoms with E-state index >= 15 is 0 Å². The van der Waals surface area contributed by atoms with Crippen molar-refractivity contribution < 1.29 is 28.2 Å². The van der Waals surface area contributed by atoms with Crippen molar-refractivity contribution in [1.82, 2.24) is 20.2 Å². The summed E-state index contributed by atoms with van der Waals surface area (Å²) in [6.07, 6.45) is 4.47. The highest BCUT2D eigenvalue weighted by Gasteiger charge is 2.34. The van der Waals surface area contributed by atoms with E-state index in [0.29, 0.717) is 87.4 Å². The predicted molar refractivity (Wildman–Crippen MR) is 168 cm³/mol. The van der Waals surface area contributed by atoms with E-state index in [4.69, 9.17) is 14.2 Å². The molecule has 11 heteroatoms. The van der Waals surface area contributed by atoms with Crippen molar-refractivity contribution >= 4 is 17.8 Å². The standard InChI is InChI=1S/C35H34FN5O5/c36-30-8-5-23-17-31(30)46-28-6-7-29-24(19-28)9-11-41(34(43)26-21-38-35(39-22-26)40-12-15-44-16-13-40)33(29)25-3-1-4-27(20-25)45-14-2-10-37-32(42)18-23/h1,3-8,17,19-22,33H,2,9-16,18H2,(H,37,42). The first-order valence-electron chi connectivity index (χ1n) is 15.6. The van der Waals surface area contributed by atoms with Gasteiger partial charge in [0.25, 0.3) is 5.91 Å². The monoisotopic (exact) mass is 623 g/mol. The van der Waals surface area contributed by atoms with Crippen molar-refractivity contribution in [2.75, 3.05) is 50.9 Å². The maximum atomic E-state index is 14.8. The molecule has 1 atom stereocenters. The summed E-state index contributed by atoms with van der Waals surface area (Å²) in [5.74, 6) is 0.917. The highest BCUT2D eigenvalue weighted by molar-refractivity contribution is 5.94. The second-order valence-electron chi connectivity index (χ2n) is 11.6. The van der Waals surface area contributed by atoms with Gasteiger partial charge in [-0.05, 0) is 71.5 Å². The van der Waals surface area contributed by atoms with Gasteiger partial charge in [0, 0.05) is 38.6 Å². The molecule has 0 saturated carbocycles. The van der Waals surface area contributed by atoms with Crippen molar-refractivity contribution in [3.05, 3.63) is 107 Å². The Morgan fingerprint density at radius 2 is 1.78 bits per heavy atom. The molecule has 1 N–H and O–H groups in total. The molecule has 4 aliphatic rings. The lowest BCUT2D eigenvalue weighted by molar-refractivity contribution is -0.120. The molecule has 1 fully saturated rings. The Labute approximate surface area is 266 Å². The molecule has 10 nitrogen and oxygen atoms in total. The minimum atomic E-state index is -0.516. The number of rotatable bonds is 2. The Morgan fingerprint density at radius 1 is 0.935 bits per heavy atom. The van der Waals surface area contributed by atoms with E-state index in [2.05, 4.69) is 15.3 Å². The Balaban J connectivity index is 1.24. The van der Waals surface area contributed by atoms with Crippen molar-refractivity contribution in [2.45, 2.75) is 25.3 Å². The van der Waals surface area contributed by atoms with Gasteiger partial charge in [0.2, 0.25) is 11.9 Å². The second-order valence-corrected chi connectivity index (χ2v) is 11.6. The van der Waals surface area contributed by atoms with E-state index in [1.165, 1.54) is 6.07 Å². The van der Waals surface area contributed by atoms with Crippen LogP contribution in [0.3, 0.4) is 0 Å². The number of carbonyl (C=O) groups is 2. The molecule has 4 aromatic rings. The number of carbonyl (C=O) groups excluding carboxylic acids is 2. The molecule has 1 unspecified atom stereocenters. The van der Waals surface area contributed by atoms with Crippen molar-refractivity contribution in [2.24, 2.45) is 0 Å². The number of benzene rings is 3. The van der Waals surface area contributed by atoms with E-state index in [9.17, 15) is 14.0 Å². The lowest BCUT2D eigenvalue weighted by Gasteiger charge is -2.38. The summed E-state index contributed by atoms with van der Waals surface area (Å²) >= 11 is 0. The topological polar surface area (TPSA) is 106 Å². The molecule has 5 heterocycles. The maximum Gasteiger partial charge on any atom is 0.257 e. The average Bonchev–Trinajstić information content (AvgIpc) is 3.09. The molecular formula is C35H34FN5O5. The van der Waals surface area contributed by atoms with Crippen LogP contribution in [0.5, 0.6) is 17.2 Å². The zero-order valence-electron chi connectivity index (χ0n) is 25.3. The number of hydrogen-bond donors (Lipinski definition) is 1. The SMILES string of the molecule is O=C1Cc2ccc(F)c(c2)Oc2ccc3c(c2)CCN(C(=O)c2cnc(N4CCOCC4)nc2)C3c2cccc(c2)OCCCN1. The van der Waals surface area contributed by atoms with Gasteiger partial charge in [-0.15, -0.1) is 0 Å². The van der Waals surface area contributed by atoms with E-state index < -0.39 is 11.9 Å². The lowest BCUT2D eigenvalue weighted by atomic mass is 9.87. The molecular weight excluding hydrogens is 589 g/mol. The largest absolute Gasteiger partial charge is 0.494 e. The Morgan fingerprint density at radius 3 is 2.63 bits per heavy atom. The molecule has 3 aromatic carbocycles. The molecule has 2 amide bonds. The molecule has 0 radical (unpaired) electrons. The molecule has 0 spiro atoms. The number of amides is 2. The Hall–Kier alpha value is -5.03. The summed E-state index contributed by atoms with van der Waals surface area (Å²) in [7, 11) is 0. The van der Waals surface area contributed by atoms with Crippen LogP contribution in [-0.4, -0.2) is 72.7 Å². The summed E-state index contributed by atoms with van der Waals surface area (Å²) in [4.78, 5) is 39.5. The normalized spacial score (nSPS) is 18.4. The van der Waals surface area contributed by atoms with Gasteiger partial charge in [0.1, 0.15) is 11.5 Å². The van der Waals surface area contributed by atoms with Gasteiger partial charge >= 0.3 is 0 Å². The van der Waals surface area contributed by atoms with Crippen molar-refractivity contribution in [1.29, 1.82) is 0 Å². The number of ether oxygens (including phenoxy) is 3. The van der Waals surface area contributed by atoms with Gasteiger partial charge < -0.3 is 29.3 Å². The first-order valence-corrected chi connectivity index (χ1v) is 15.6. The summed E-state index contributed by atoms with van der Waals surface area (Å²) in [5.41, 5.74) is 3.87. The highest BCUT2D eigenvalue weighted by Crippen LogP contribution is 2.39. The summed E-state index contributed by atoms with van der Waals surface area (Å²) in [6, 6.07) is 17.4. The zero-order chi connectivity index (χ0) is 31.5. The fourth-order valence-corrected chi connectivity index (χ4v) is 6.14. The van der Waals surface area contributed by atoms with Crippen LogP contribution in [0.2, 0.25) is 0 Å². The number of hydrogen-bond acceptors (Lipinski definition) is 8. The molecule has 0 aliphatic carbocycles. The van der Waals surface area contributed by atoms with Gasteiger partial charge in [-0.1, -0.05) is 24.3 Å². The van der Waals surface area contributed by atoms with E-state index in [1.54, 1.807) is 30.6 Å². The number of nitrogens with zero attached hydrogens (tertiary/aromatic N) is 4. The smallest absolute Gasteiger partial charge is 0.257 e. The van der Waals surface area contributed by atoms with Crippen LogP contribution in [0.1, 0.15) is 45.1 Å². The van der Waals surface area contributed by atoms with Crippen LogP contribution in [0, 0.1) is 5.82 Å². The number of nitrogens with one attached hydrogen (secondary N) is 1.